The van der Waals surface area contributed by atoms with E-state index in [2.05, 4.69) is 20.7 Å². The summed E-state index contributed by atoms with van der Waals surface area (Å²) in [5, 5.41) is 3.52. The number of hydrogen-bond acceptors (Lipinski definition) is 6. The monoisotopic (exact) mass is 386 g/mol. The maximum Gasteiger partial charge on any atom is 0.267 e. The lowest BCUT2D eigenvalue weighted by molar-refractivity contribution is -0.198. The molecule has 28 heavy (non-hydrogen) atoms. The van der Waals surface area contributed by atoms with Crippen molar-refractivity contribution in [1.29, 1.82) is 0 Å². The summed E-state index contributed by atoms with van der Waals surface area (Å²) in [5.74, 6) is 1.52. The zero-order chi connectivity index (χ0) is 19.2. The van der Waals surface area contributed by atoms with Crippen LogP contribution in [0.15, 0.2) is 24.4 Å². The molecule has 1 amide bonds. The molecule has 3 heterocycles. The number of likely N-dealkylation sites (tertiary alicyclic amines) is 1. The molecule has 0 spiro atoms. The van der Waals surface area contributed by atoms with E-state index in [4.69, 9.17) is 9.57 Å². The number of amides is 1. The smallest absolute Gasteiger partial charge is 0.267 e. The lowest BCUT2D eigenvalue weighted by atomic mass is 10.2. The summed E-state index contributed by atoms with van der Waals surface area (Å²) >= 11 is 0. The molecule has 0 radical (unpaired) electrons. The van der Waals surface area contributed by atoms with Gasteiger partial charge in [-0.05, 0) is 61.8 Å². The van der Waals surface area contributed by atoms with Crippen molar-refractivity contribution in [3.63, 3.8) is 0 Å². The summed E-state index contributed by atoms with van der Waals surface area (Å²) in [5.41, 5.74) is 3.29. The summed E-state index contributed by atoms with van der Waals surface area (Å²) in [6, 6.07) is 4.40. The van der Waals surface area contributed by atoms with Crippen molar-refractivity contribution < 1.29 is 14.4 Å². The third-order valence-corrected chi connectivity index (χ3v) is 5.48. The van der Waals surface area contributed by atoms with Crippen LogP contribution in [0.5, 0.6) is 0 Å². The number of hydroxylamine groups is 1. The van der Waals surface area contributed by atoms with Gasteiger partial charge in [0.1, 0.15) is 5.82 Å². The van der Waals surface area contributed by atoms with Gasteiger partial charge in [-0.3, -0.25) is 4.79 Å². The van der Waals surface area contributed by atoms with Crippen LogP contribution in [0.3, 0.4) is 0 Å². The molecule has 0 bridgehead atoms. The van der Waals surface area contributed by atoms with E-state index < -0.39 is 0 Å². The summed E-state index contributed by atoms with van der Waals surface area (Å²) in [4.78, 5) is 24.1. The van der Waals surface area contributed by atoms with Crippen LogP contribution in [0.1, 0.15) is 44.1 Å². The van der Waals surface area contributed by atoms with E-state index in [-0.39, 0.29) is 12.2 Å². The van der Waals surface area contributed by atoms with Crippen LogP contribution in [-0.4, -0.2) is 54.4 Å². The van der Waals surface area contributed by atoms with Crippen LogP contribution >= 0.6 is 0 Å². The minimum atomic E-state index is -0.339. The van der Waals surface area contributed by atoms with Gasteiger partial charge in [0.2, 0.25) is 0 Å². The Kier molecular flexibility index (Phi) is 6.57. The Labute approximate surface area is 166 Å². The predicted molar refractivity (Wildman–Crippen MR) is 107 cm³/mol. The van der Waals surface area contributed by atoms with Crippen LogP contribution < -0.4 is 10.8 Å². The molecule has 1 aromatic rings. The van der Waals surface area contributed by atoms with Crippen molar-refractivity contribution >= 4 is 17.8 Å². The van der Waals surface area contributed by atoms with Crippen LogP contribution in [0.25, 0.3) is 6.08 Å². The number of rotatable bonds is 8. The maximum atomic E-state index is 11.9. The Balaban J connectivity index is 1.18. The summed E-state index contributed by atoms with van der Waals surface area (Å²) in [7, 11) is 0. The fraction of sp³-hybridized carbons (Fsp3) is 0.619. The van der Waals surface area contributed by atoms with Gasteiger partial charge in [0.05, 0.1) is 0 Å². The first kappa shape index (κ1) is 19.4. The van der Waals surface area contributed by atoms with Gasteiger partial charge in [-0.25, -0.2) is 15.3 Å². The minimum absolute atomic E-state index is 0.307. The Morgan fingerprint density at radius 1 is 1.29 bits per heavy atom. The molecule has 1 aromatic heterocycles. The molecule has 3 aliphatic rings. The SMILES string of the molecule is O=C(C=Cc1ccc(N[C@@H]2CCN(CC3CC3)C2)nc1)NOC1CCCCO1. The van der Waals surface area contributed by atoms with Crippen molar-refractivity contribution in [2.75, 3.05) is 31.6 Å². The highest BCUT2D eigenvalue weighted by atomic mass is 16.8. The number of pyridine rings is 1. The van der Waals surface area contributed by atoms with E-state index in [0.717, 1.165) is 43.1 Å². The van der Waals surface area contributed by atoms with E-state index in [9.17, 15) is 4.79 Å². The van der Waals surface area contributed by atoms with Crippen molar-refractivity contribution in [3.8, 4) is 0 Å². The van der Waals surface area contributed by atoms with Gasteiger partial charge in [0, 0.05) is 51.0 Å². The van der Waals surface area contributed by atoms with E-state index in [0.29, 0.717) is 12.6 Å². The first-order valence-electron chi connectivity index (χ1n) is 10.4. The van der Waals surface area contributed by atoms with Gasteiger partial charge < -0.3 is 15.0 Å². The molecule has 2 atom stereocenters. The van der Waals surface area contributed by atoms with Gasteiger partial charge in [-0.1, -0.05) is 0 Å². The van der Waals surface area contributed by atoms with Gasteiger partial charge in [0.25, 0.3) is 5.91 Å². The van der Waals surface area contributed by atoms with E-state index >= 15 is 0 Å². The van der Waals surface area contributed by atoms with Crippen molar-refractivity contribution in [2.24, 2.45) is 5.92 Å². The van der Waals surface area contributed by atoms with Crippen LogP contribution in [-0.2, 0) is 14.4 Å². The normalized spacial score (nSPS) is 25.9. The number of ether oxygens (including phenoxy) is 1. The molecule has 7 heteroatoms. The van der Waals surface area contributed by atoms with Crippen molar-refractivity contribution in [3.05, 3.63) is 30.0 Å². The zero-order valence-electron chi connectivity index (χ0n) is 16.3. The number of carbonyl (C=O) groups is 1. The van der Waals surface area contributed by atoms with Crippen molar-refractivity contribution in [2.45, 2.75) is 50.9 Å². The number of aromatic nitrogens is 1. The quantitative estimate of drug-likeness (QED) is 0.528. The number of anilines is 1. The summed E-state index contributed by atoms with van der Waals surface area (Å²) in [6.45, 7) is 4.22. The minimum Gasteiger partial charge on any atom is -0.366 e. The van der Waals surface area contributed by atoms with Crippen LogP contribution in [0, 0.1) is 5.92 Å². The number of hydrogen-bond donors (Lipinski definition) is 2. The first-order valence-corrected chi connectivity index (χ1v) is 10.4. The van der Waals surface area contributed by atoms with Crippen molar-refractivity contribution in [1.82, 2.24) is 15.4 Å². The molecule has 2 aliphatic heterocycles. The molecule has 7 nitrogen and oxygen atoms in total. The fourth-order valence-electron chi connectivity index (χ4n) is 3.71. The molecule has 1 saturated carbocycles. The summed E-state index contributed by atoms with van der Waals surface area (Å²) in [6.07, 6.45) is 11.5. The van der Waals surface area contributed by atoms with E-state index in [1.807, 2.05) is 12.1 Å². The van der Waals surface area contributed by atoms with Gasteiger partial charge in [-0.2, -0.15) is 0 Å². The van der Waals surface area contributed by atoms with E-state index in [1.165, 1.54) is 38.4 Å². The number of nitrogens with one attached hydrogen (secondary N) is 2. The van der Waals surface area contributed by atoms with Gasteiger partial charge in [0.15, 0.2) is 6.29 Å². The lowest BCUT2D eigenvalue weighted by Gasteiger charge is -2.21. The molecule has 3 fully saturated rings. The van der Waals surface area contributed by atoms with Gasteiger partial charge >= 0.3 is 0 Å². The Bertz CT molecular complexity index is 669. The summed E-state index contributed by atoms with van der Waals surface area (Å²) < 4.78 is 5.41. The maximum absolute atomic E-state index is 11.9. The highest BCUT2D eigenvalue weighted by Gasteiger charge is 2.29. The second kappa shape index (κ2) is 9.49. The fourth-order valence-corrected chi connectivity index (χ4v) is 3.71. The second-order valence-corrected chi connectivity index (χ2v) is 8.02. The standard InChI is InChI=1S/C21H30N4O3/c26-20(24-28-21-3-1-2-12-27-21)9-7-16-6-8-19(22-13-16)23-18-10-11-25(15-18)14-17-4-5-17/h6-9,13,17-18,21H,1-5,10-12,14-15H2,(H,22,23)(H,24,26)/t18-,21?/m1/s1. The molecule has 1 unspecified atom stereocenters. The Hall–Kier alpha value is -1.96. The highest BCUT2D eigenvalue weighted by Crippen LogP contribution is 2.31. The molecular formula is C21H30N4O3. The molecule has 152 valence electrons. The van der Waals surface area contributed by atoms with Crippen LogP contribution in [0.2, 0.25) is 0 Å². The average Bonchev–Trinajstić information content (AvgIpc) is 3.44. The number of nitrogens with zero attached hydrogens (tertiary/aromatic N) is 2. The van der Waals surface area contributed by atoms with Crippen LogP contribution in [0.4, 0.5) is 5.82 Å². The van der Waals surface area contributed by atoms with E-state index in [1.54, 1.807) is 12.3 Å². The highest BCUT2D eigenvalue weighted by molar-refractivity contribution is 5.90. The third kappa shape index (κ3) is 6.02. The largest absolute Gasteiger partial charge is 0.366 e. The molecule has 4 rings (SSSR count). The Morgan fingerprint density at radius 2 is 2.21 bits per heavy atom. The third-order valence-electron chi connectivity index (χ3n) is 5.48. The Morgan fingerprint density at radius 3 is 2.96 bits per heavy atom. The topological polar surface area (TPSA) is 75.7 Å². The molecule has 0 aromatic carbocycles. The predicted octanol–water partition coefficient (Wildman–Crippen LogP) is 2.57. The molecular weight excluding hydrogens is 356 g/mol. The molecule has 2 N–H and O–H groups in total. The first-order chi connectivity index (χ1) is 13.7. The lowest BCUT2D eigenvalue weighted by Crippen LogP contribution is -2.32. The molecule has 2 saturated heterocycles. The second-order valence-electron chi connectivity index (χ2n) is 8.02. The van der Waals surface area contributed by atoms with Gasteiger partial charge in [-0.15, -0.1) is 0 Å². The zero-order valence-corrected chi connectivity index (χ0v) is 16.3. The average molecular weight is 386 g/mol. The number of carbonyl (C=O) groups excluding carboxylic acids is 1. The molecule has 1 aliphatic carbocycles.